The maximum atomic E-state index is 12.6. The first-order valence-corrected chi connectivity index (χ1v) is 10.8. The molecule has 7 heteroatoms. The highest BCUT2D eigenvalue weighted by atomic mass is 16.3. The standard InChI is InChI=1S/C27H19N5O2/c33-27(18-11-12-34-16-18)31-24-8-4-2-6-22(24)26-30-23-7-3-1-5-21(23)25(32-26)29-20-10-9-17-14-28-15-19(17)13-20/h1-13,15-16H,14H2,(H,31,33)(H,29,30,32). The van der Waals surface area contributed by atoms with E-state index in [4.69, 9.17) is 14.4 Å². The van der Waals surface area contributed by atoms with Gasteiger partial charge in [0.15, 0.2) is 5.82 Å². The molecule has 0 aliphatic carbocycles. The predicted molar refractivity (Wildman–Crippen MR) is 133 cm³/mol. The van der Waals surface area contributed by atoms with Gasteiger partial charge in [-0.05, 0) is 53.6 Å². The molecule has 2 aromatic heterocycles. The quantitative estimate of drug-likeness (QED) is 0.356. The number of carbonyl (C=O) groups excluding carboxylic acids is 1. The van der Waals surface area contributed by atoms with Crippen LogP contribution >= 0.6 is 0 Å². The molecule has 6 rings (SSSR count). The van der Waals surface area contributed by atoms with Crippen molar-refractivity contribution >= 4 is 40.2 Å². The van der Waals surface area contributed by atoms with Crippen LogP contribution in [0.15, 0.2) is 94.7 Å². The number of furan rings is 1. The van der Waals surface area contributed by atoms with Crippen LogP contribution in [0.5, 0.6) is 0 Å². The van der Waals surface area contributed by atoms with Crippen molar-refractivity contribution in [2.45, 2.75) is 6.54 Å². The third kappa shape index (κ3) is 3.69. The summed E-state index contributed by atoms with van der Waals surface area (Å²) in [5, 5.41) is 7.30. The van der Waals surface area contributed by atoms with Crippen LogP contribution in [-0.2, 0) is 6.54 Å². The monoisotopic (exact) mass is 445 g/mol. The van der Waals surface area contributed by atoms with Crippen molar-refractivity contribution < 1.29 is 9.21 Å². The molecule has 0 radical (unpaired) electrons. The maximum Gasteiger partial charge on any atom is 0.258 e. The lowest BCUT2D eigenvalue weighted by Gasteiger charge is -2.14. The number of hydrogen-bond acceptors (Lipinski definition) is 6. The number of fused-ring (bicyclic) bond motifs is 2. The number of anilines is 3. The number of nitrogens with zero attached hydrogens (tertiary/aromatic N) is 3. The lowest BCUT2D eigenvalue weighted by molar-refractivity contribution is 0.102. The van der Waals surface area contributed by atoms with Gasteiger partial charge in [0.1, 0.15) is 12.1 Å². The van der Waals surface area contributed by atoms with E-state index >= 15 is 0 Å². The number of aromatic nitrogens is 2. The van der Waals surface area contributed by atoms with E-state index in [2.05, 4.69) is 27.8 Å². The Morgan fingerprint density at radius 2 is 1.82 bits per heavy atom. The summed E-state index contributed by atoms with van der Waals surface area (Å²) in [6, 6.07) is 23.1. The average Bonchev–Trinajstić information content (AvgIpc) is 3.56. The van der Waals surface area contributed by atoms with Gasteiger partial charge in [0.2, 0.25) is 0 Å². The van der Waals surface area contributed by atoms with Gasteiger partial charge in [0.05, 0.1) is 29.6 Å². The van der Waals surface area contributed by atoms with Crippen molar-refractivity contribution in [2.24, 2.45) is 4.99 Å². The number of hydrogen-bond donors (Lipinski definition) is 2. The van der Waals surface area contributed by atoms with Gasteiger partial charge in [-0.25, -0.2) is 9.97 Å². The first kappa shape index (κ1) is 19.9. The summed E-state index contributed by atoms with van der Waals surface area (Å²) in [6.45, 7) is 0.720. The van der Waals surface area contributed by atoms with E-state index < -0.39 is 0 Å². The van der Waals surface area contributed by atoms with Crippen LogP contribution in [0.1, 0.15) is 21.5 Å². The van der Waals surface area contributed by atoms with Gasteiger partial charge < -0.3 is 15.1 Å². The largest absolute Gasteiger partial charge is 0.472 e. The second-order valence-electron chi connectivity index (χ2n) is 7.93. The van der Waals surface area contributed by atoms with E-state index in [9.17, 15) is 4.79 Å². The summed E-state index contributed by atoms with van der Waals surface area (Å²) in [6.07, 6.45) is 4.77. The third-order valence-electron chi connectivity index (χ3n) is 5.70. The molecule has 0 saturated heterocycles. The SMILES string of the molecule is O=C(Nc1ccccc1-c1nc(Nc2ccc3c(c2)C=NC3)c2ccccc2n1)c1ccoc1. The molecule has 5 aromatic rings. The Morgan fingerprint density at radius 1 is 0.941 bits per heavy atom. The number of nitrogens with one attached hydrogen (secondary N) is 2. The molecule has 1 aliphatic rings. The van der Waals surface area contributed by atoms with Gasteiger partial charge in [-0.1, -0.05) is 30.3 Å². The van der Waals surface area contributed by atoms with Crippen LogP contribution in [0.3, 0.4) is 0 Å². The Morgan fingerprint density at radius 3 is 2.74 bits per heavy atom. The second kappa shape index (κ2) is 8.29. The molecule has 1 amide bonds. The molecule has 2 N–H and O–H groups in total. The fourth-order valence-electron chi connectivity index (χ4n) is 3.98. The van der Waals surface area contributed by atoms with Crippen LogP contribution in [0.2, 0.25) is 0 Å². The number of carbonyl (C=O) groups is 1. The van der Waals surface area contributed by atoms with Crippen LogP contribution < -0.4 is 10.6 Å². The molecule has 0 bridgehead atoms. The second-order valence-corrected chi connectivity index (χ2v) is 7.93. The minimum absolute atomic E-state index is 0.264. The van der Waals surface area contributed by atoms with Crippen LogP contribution in [0, 0.1) is 0 Å². The van der Waals surface area contributed by atoms with Crippen LogP contribution in [0.25, 0.3) is 22.3 Å². The van der Waals surface area contributed by atoms with E-state index in [1.54, 1.807) is 6.07 Å². The van der Waals surface area contributed by atoms with E-state index in [0.29, 0.717) is 28.5 Å². The molecule has 0 saturated carbocycles. The van der Waals surface area contributed by atoms with Gasteiger partial charge in [0, 0.05) is 22.9 Å². The van der Waals surface area contributed by atoms with Gasteiger partial charge >= 0.3 is 0 Å². The number of rotatable bonds is 5. The van der Waals surface area contributed by atoms with Gasteiger partial charge in [0.25, 0.3) is 5.91 Å². The molecule has 0 unspecified atom stereocenters. The zero-order valence-electron chi connectivity index (χ0n) is 18.0. The minimum atomic E-state index is -0.264. The van der Waals surface area contributed by atoms with Crippen LogP contribution in [-0.4, -0.2) is 22.1 Å². The Bertz CT molecular complexity index is 1560. The first-order chi connectivity index (χ1) is 16.7. The van der Waals surface area contributed by atoms with Crippen molar-refractivity contribution in [3.63, 3.8) is 0 Å². The highest BCUT2D eigenvalue weighted by Gasteiger charge is 2.16. The van der Waals surface area contributed by atoms with Crippen LogP contribution in [0.4, 0.5) is 17.2 Å². The van der Waals surface area contributed by atoms with Crippen molar-refractivity contribution in [1.29, 1.82) is 0 Å². The molecule has 0 spiro atoms. The number of aliphatic imine (C=N–C) groups is 1. The highest BCUT2D eigenvalue weighted by Crippen LogP contribution is 2.31. The van der Waals surface area contributed by atoms with Crippen molar-refractivity contribution in [2.75, 3.05) is 10.6 Å². The molecule has 0 fully saturated rings. The smallest absolute Gasteiger partial charge is 0.258 e. The van der Waals surface area contributed by atoms with Gasteiger partial charge in [-0.3, -0.25) is 9.79 Å². The lowest BCUT2D eigenvalue weighted by atomic mass is 10.1. The van der Waals surface area contributed by atoms with E-state index in [0.717, 1.165) is 28.7 Å². The predicted octanol–water partition coefficient (Wildman–Crippen LogP) is 5.82. The van der Waals surface area contributed by atoms with Gasteiger partial charge in [-0.15, -0.1) is 0 Å². The maximum absolute atomic E-state index is 12.6. The lowest BCUT2D eigenvalue weighted by Crippen LogP contribution is -2.12. The van der Waals surface area contributed by atoms with E-state index in [-0.39, 0.29) is 5.91 Å². The Kier molecular flexibility index (Phi) is 4.85. The molecule has 3 aromatic carbocycles. The molecular formula is C27H19N5O2. The molecule has 1 aliphatic heterocycles. The highest BCUT2D eigenvalue weighted by molar-refractivity contribution is 6.06. The summed E-state index contributed by atoms with van der Waals surface area (Å²) in [5.41, 5.74) is 5.81. The molecule has 0 atom stereocenters. The Hall–Kier alpha value is -4.78. The number of benzene rings is 3. The first-order valence-electron chi connectivity index (χ1n) is 10.8. The zero-order valence-corrected chi connectivity index (χ0v) is 18.0. The summed E-state index contributed by atoms with van der Waals surface area (Å²) in [4.78, 5) is 26.6. The van der Waals surface area contributed by atoms with Crippen molar-refractivity contribution in [3.05, 3.63) is 102 Å². The molecular weight excluding hydrogens is 426 g/mol. The minimum Gasteiger partial charge on any atom is -0.472 e. The normalized spacial score (nSPS) is 12.0. The van der Waals surface area contributed by atoms with Crippen molar-refractivity contribution in [3.8, 4) is 11.4 Å². The van der Waals surface area contributed by atoms with E-state index in [1.807, 2.05) is 60.8 Å². The summed E-state index contributed by atoms with van der Waals surface area (Å²) < 4.78 is 5.03. The summed E-state index contributed by atoms with van der Waals surface area (Å²) in [7, 11) is 0. The summed E-state index contributed by atoms with van der Waals surface area (Å²) in [5.74, 6) is 0.929. The van der Waals surface area contributed by atoms with Gasteiger partial charge in [-0.2, -0.15) is 0 Å². The van der Waals surface area contributed by atoms with Crippen molar-refractivity contribution in [1.82, 2.24) is 9.97 Å². The molecule has 164 valence electrons. The fraction of sp³-hybridized carbons (Fsp3) is 0.0370. The Labute approximate surface area is 195 Å². The van der Waals surface area contributed by atoms with E-state index in [1.165, 1.54) is 18.1 Å². The fourth-order valence-corrected chi connectivity index (χ4v) is 3.98. The molecule has 3 heterocycles. The average molecular weight is 445 g/mol. The Balaban J connectivity index is 1.42. The molecule has 34 heavy (non-hydrogen) atoms. The zero-order chi connectivity index (χ0) is 22.9. The third-order valence-corrected chi connectivity index (χ3v) is 5.70. The number of para-hydroxylation sites is 2. The molecule has 7 nitrogen and oxygen atoms in total. The number of amides is 1. The topological polar surface area (TPSA) is 92.4 Å². The summed E-state index contributed by atoms with van der Waals surface area (Å²) >= 11 is 0.